The van der Waals surface area contributed by atoms with E-state index in [4.69, 9.17) is 5.11 Å². The summed E-state index contributed by atoms with van der Waals surface area (Å²) in [7, 11) is 0. The fourth-order valence-electron chi connectivity index (χ4n) is 1.66. The number of amides is 1. The first-order valence-corrected chi connectivity index (χ1v) is 6.55. The molecule has 1 amide bonds. The van der Waals surface area contributed by atoms with Crippen molar-refractivity contribution in [1.82, 2.24) is 20.1 Å². The van der Waals surface area contributed by atoms with E-state index >= 15 is 0 Å². The standard InChI is InChI=1S/C13H22N4O3/c1-8(2)6-17(7-9(18)19)11(20)10-14-12(16-15-10)13(3,4)5/h8H,6-7H2,1-5H3,(H,18,19)(H,14,15,16). The zero-order valence-electron chi connectivity index (χ0n) is 12.6. The molecule has 112 valence electrons. The molecule has 0 fully saturated rings. The van der Waals surface area contributed by atoms with Gasteiger partial charge in [-0.2, -0.15) is 0 Å². The molecule has 1 aromatic heterocycles. The van der Waals surface area contributed by atoms with Crippen molar-refractivity contribution in [3.8, 4) is 0 Å². The molecule has 0 aromatic carbocycles. The van der Waals surface area contributed by atoms with Crippen LogP contribution in [0.1, 0.15) is 51.1 Å². The Labute approximate surface area is 118 Å². The maximum atomic E-state index is 12.3. The lowest BCUT2D eigenvalue weighted by Gasteiger charge is -2.21. The molecule has 7 nitrogen and oxygen atoms in total. The molecule has 0 aliphatic rings. The second kappa shape index (κ2) is 6.02. The van der Waals surface area contributed by atoms with Crippen molar-refractivity contribution >= 4 is 11.9 Å². The van der Waals surface area contributed by atoms with E-state index in [0.29, 0.717) is 12.4 Å². The third-order valence-electron chi connectivity index (χ3n) is 2.59. The van der Waals surface area contributed by atoms with E-state index in [-0.39, 0.29) is 23.7 Å². The number of aromatic nitrogens is 3. The number of carboxylic acids is 1. The topological polar surface area (TPSA) is 99.2 Å². The average molecular weight is 282 g/mol. The van der Waals surface area contributed by atoms with Crippen LogP contribution in [0.4, 0.5) is 0 Å². The minimum absolute atomic E-state index is 0.0109. The first-order valence-electron chi connectivity index (χ1n) is 6.55. The van der Waals surface area contributed by atoms with Gasteiger partial charge in [-0.05, 0) is 5.92 Å². The minimum Gasteiger partial charge on any atom is -0.480 e. The number of carbonyl (C=O) groups is 2. The van der Waals surface area contributed by atoms with Gasteiger partial charge in [0.2, 0.25) is 5.82 Å². The van der Waals surface area contributed by atoms with E-state index in [9.17, 15) is 9.59 Å². The van der Waals surface area contributed by atoms with Crippen LogP contribution in [-0.4, -0.2) is 50.2 Å². The number of nitrogens with one attached hydrogen (secondary N) is 1. The number of carboxylic acid groups (broad SMARTS) is 1. The molecule has 1 aromatic rings. The highest BCUT2D eigenvalue weighted by Gasteiger charge is 2.26. The van der Waals surface area contributed by atoms with E-state index < -0.39 is 11.9 Å². The fourth-order valence-corrected chi connectivity index (χ4v) is 1.66. The van der Waals surface area contributed by atoms with Gasteiger partial charge in [0.05, 0.1) is 0 Å². The molecule has 0 bridgehead atoms. The summed E-state index contributed by atoms with van der Waals surface area (Å²) in [6.45, 7) is 9.68. The molecule has 0 saturated carbocycles. The molecule has 0 atom stereocenters. The molecule has 1 heterocycles. The fraction of sp³-hybridized carbons (Fsp3) is 0.692. The maximum absolute atomic E-state index is 12.3. The summed E-state index contributed by atoms with van der Waals surface area (Å²) in [5, 5.41) is 15.5. The number of hydrogen-bond donors (Lipinski definition) is 2. The van der Waals surface area contributed by atoms with Crippen LogP contribution in [-0.2, 0) is 10.2 Å². The lowest BCUT2D eigenvalue weighted by Crippen LogP contribution is -2.38. The van der Waals surface area contributed by atoms with Crippen molar-refractivity contribution in [3.63, 3.8) is 0 Å². The van der Waals surface area contributed by atoms with Gasteiger partial charge < -0.3 is 10.0 Å². The van der Waals surface area contributed by atoms with Gasteiger partial charge in [-0.15, -0.1) is 5.10 Å². The van der Waals surface area contributed by atoms with E-state index in [1.807, 2.05) is 34.6 Å². The first-order chi connectivity index (χ1) is 9.11. The Morgan fingerprint density at radius 2 is 1.95 bits per heavy atom. The van der Waals surface area contributed by atoms with Gasteiger partial charge in [0.25, 0.3) is 5.91 Å². The van der Waals surface area contributed by atoms with Crippen LogP contribution < -0.4 is 0 Å². The zero-order chi connectivity index (χ0) is 15.5. The van der Waals surface area contributed by atoms with Crippen molar-refractivity contribution in [2.45, 2.75) is 40.0 Å². The molecule has 0 aliphatic carbocycles. The number of carbonyl (C=O) groups excluding carboxylic acids is 1. The van der Waals surface area contributed by atoms with Crippen molar-refractivity contribution in [1.29, 1.82) is 0 Å². The Morgan fingerprint density at radius 1 is 1.35 bits per heavy atom. The van der Waals surface area contributed by atoms with Crippen molar-refractivity contribution in [2.24, 2.45) is 5.92 Å². The van der Waals surface area contributed by atoms with Gasteiger partial charge in [-0.25, -0.2) is 4.98 Å². The predicted molar refractivity (Wildman–Crippen MR) is 73.5 cm³/mol. The van der Waals surface area contributed by atoms with E-state index in [2.05, 4.69) is 15.2 Å². The second-order valence-corrected chi connectivity index (χ2v) is 6.23. The molecule has 0 radical (unpaired) electrons. The van der Waals surface area contributed by atoms with Gasteiger partial charge >= 0.3 is 5.97 Å². The summed E-state index contributed by atoms with van der Waals surface area (Å²) in [6.07, 6.45) is 0. The molecule has 1 rings (SSSR count). The Morgan fingerprint density at radius 3 is 2.35 bits per heavy atom. The third kappa shape index (κ3) is 4.32. The Hall–Kier alpha value is -1.92. The van der Waals surface area contributed by atoms with Gasteiger partial charge in [-0.1, -0.05) is 34.6 Å². The highest BCUT2D eigenvalue weighted by molar-refractivity contribution is 5.92. The highest BCUT2D eigenvalue weighted by atomic mass is 16.4. The maximum Gasteiger partial charge on any atom is 0.323 e. The second-order valence-electron chi connectivity index (χ2n) is 6.23. The summed E-state index contributed by atoms with van der Waals surface area (Å²) in [5.41, 5.74) is -0.249. The van der Waals surface area contributed by atoms with Gasteiger partial charge in [0.1, 0.15) is 12.4 Å². The molecular weight excluding hydrogens is 260 g/mol. The van der Waals surface area contributed by atoms with Gasteiger partial charge in [-0.3, -0.25) is 14.7 Å². The number of H-pyrrole nitrogens is 1. The lowest BCUT2D eigenvalue weighted by atomic mass is 9.96. The average Bonchev–Trinajstić information content (AvgIpc) is 2.74. The molecular formula is C13H22N4O3. The van der Waals surface area contributed by atoms with Crippen LogP contribution in [0.3, 0.4) is 0 Å². The summed E-state index contributed by atoms with van der Waals surface area (Å²) in [5.74, 6) is -0.741. The number of aromatic amines is 1. The quantitative estimate of drug-likeness (QED) is 0.847. The van der Waals surface area contributed by atoms with Crippen LogP contribution in [0.5, 0.6) is 0 Å². The number of hydrogen-bond acceptors (Lipinski definition) is 4. The molecule has 20 heavy (non-hydrogen) atoms. The monoisotopic (exact) mass is 282 g/mol. The highest BCUT2D eigenvalue weighted by Crippen LogP contribution is 2.17. The summed E-state index contributed by atoms with van der Waals surface area (Å²) >= 11 is 0. The summed E-state index contributed by atoms with van der Waals surface area (Å²) in [4.78, 5) is 28.5. The minimum atomic E-state index is -1.05. The van der Waals surface area contributed by atoms with Gasteiger partial charge in [0, 0.05) is 12.0 Å². The van der Waals surface area contributed by atoms with Crippen LogP contribution in [0.2, 0.25) is 0 Å². The predicted octanol–water partition coefficient (Wildman–Crippen LogP) is 1.28. The number of aliphatic carboxylic acids is 1. The Kier molecular flexibility index (Phi) is 4.86. The lowest BCUT2D eigenvalue weighted by molar-refractivity contribution is -0.137. The number of rotatable bonds is 5. The molecule has 0 spiro atoms. The summed E-state index contributed by atoms with van der Waals surface area (Å²) < 4.78 is 0. The summed E-state index contributed by atoms with van der Waals surface area (Å²) in [6, 6.07) is 0. The molecule has 0 saturated heterocycles. The van der Waals surface area contributed by atoms with Gasteiger partial charge in [0.15, 0.2) is 0 Å². The van der Waals surface area contributed by atoms with Crippen molar-refractivity contribution in [2.75, 3.05) is 13.1 Å². The zero-order valence-corrected chi connectivity index (χ0v) is 12.6. The molecule has 0 aliphatic heterocycles. The normalized spacial score (nSPS) is 11.7. The molecule has 7 heteroatoms. The third-order valence-corrected chi connectivity index (χ3v) is 2.59. The van der Waals surface area contributed by atoms with E-state index in [1.54, 1.807) is 0 Å². The van der Waals surface area contributed by atoms with Crippen molar-refractivity contribution in [3.05, 3.63) is 11.6 Å². The first kappa shape index (κ1) is 16.1. The van der Waals surface area contributed by atoms with E-state index in [1.165, 1.54) is 4.90 Å². The Bertz CT molecular complexity index is 488. The van der Waals surface area contributed by atoms with Crippen LogP contribution in [0.15, 0.2) is 0 Å². The Balaban J connectivity index is 2.94. The van der Waals surface area contributed by atoms with Crippen LogP contribution in [0.25, 0.3) is 0 Å². The molecule has 2 N–H and O–H groups in total. The van der Waals surface area contributed by atoms with Crippen LogP contribution >= 0.6 is 0 Å². The van der Waals surface area contributed by atoms with Crippen LogP contribution in [0, 0.1) is 5.92 Å². The molecule has 0 unspecified atom stereocenters. The SMILES string of the molecule is CC(C)CN(CC(=O)O)C(=O)c1n[nH]c(C(C)(C)C)n1. The number of nitrogens with zero attached hydrogens (tertiary/aromatic N) is 3. The van der Waals surface area contributed by atoms with E-state index in [0.717, 1.165) is 0 Å². The van der Waals surface area contributed by atoms with Crippen molar-refractivity contribution < 1.29 is 14.7 Å². The smallest absolute Gasteiger partial charge is 0.323 e. The largest absolute Gasteiger partial charge is 0.480 e.